The fraction of sp³-hybridized carbons (Fsp3) is 0.353. The maximum atomic E-state index is 11.9. The summed E-state index contributed by atoms with van der Waals surface area (Å²) in [6, 6.07) is 7.99. The minimum Gasteiger partial charge on any atom is -0.354 e. The molecular weight excluding hydrogens is 354 g/mol. The van der Waals surface area contributed by atoms with Crippen LogP contribution < -0.4 is 15.8 Å². The first-order chi connectivity index (χ1) is 12.2. The van der Waals surface area contributed by atoms with Gasteiger partial charge in [0.15, 0.2) is 0 Å². The summed E-state index contributed by atoms with van der Waals surface area (Å²) in [5.74, 6) is 0.488. The second kappa shape index (κ2) is 8.72. The van der Waals surface area contributed by atoms with Gasteiger partial charge in [0.25, 0.3) is 0 Å². The summed E-state index contributed by atoms with van der Waals surface area (Å²) in [6.45, 7) is 4.74. The van der Waals surface area contributed by atoms with Crippen LogP contribution in [0.3, 0.4) is 0 Å². The van der Waals surface area contributed by atoms with Crippen molar-refractivity contribution in [1.29, 1.82) is 0 Å². The summed E-state index contributed by atoms with van der Waals surface area (Å²) in [7, 11) is -3.70. The van der Waals surface area contributed by atoms with Crippen LogP contribution >= 0.6 is 0 Å². The van der Waals surface area contributed by atoms with E-state index in [0.717, 1.165) is 17.0 Å². The number of sulfonamides is 1. The Morgan fingerprint density at radius 2 is 1.73 bits per heavy atom. The van der Waals surface area contributed by atoms with E-state index >= 15 is 0 Å². The number of nitrogens with one attached hydrogen (secondary N) is 2. The molecule has 0 radical (unpaired) electrons. The van der Waals surface area contributed by atoms with Crippen LogP contribution in [0.1, 0.15) is 29.8 Å². The van der Waals surface area contributed by atoms with Crippen LogP contribution in [-0.2, 0) is 21.4 Å². The zero-order valence-corrected chi connectivity index (χ0v) is 15.6. The van der Waals surface area contributed by atoms with Gasteiger partial charge in [-0.3, -0.25) is 4.79 Å². The quantitative estimate of drug-likeness (QED) is 0.594. The first-order valence-electron chi connectivity index (χ1n) is 8.18. The van der Waals surface area contributed by atoms with Gasteiger partial charge in [0, 0.05) is 30.9 Å². The number of aryl methyl sites for hydroxylation is 2. The Kier molecular flexibility index (Phi) is 6.64. The highest BCUT2D eigenvalue weighted by molar-refractivity contribution is 7.89. The number of amides is 1. The van der Waals surface area contributed by atoms with Crippen molar-refractivity contribution >= 4 is 21.9 Å². The Bertz CT molecular complexity index is 846. The SMILES string of the molecule is Cc1cc(C)nc(NCCCC(=O)NCc2ccc(S(N)(=O)=O)cc2)n1. The smallest absolute Gasteiger partial charge is 0.238 e. The summed E-state index contributed by atoms with van der Waals surface area (Å²) in [6.07, 6.45) is 1.01. The number of benzene rings is 1. The molecule has 9 heteroatoms. The Morgan fingerprint density at radius 3 is 2.31 bits per heavy atom. The predicted molar refractivity (Wildman–Crippen MR) is 98.9 cm³/mol. The molecule has 140 valence electrons. The number of nitrogens with two attached hydrogens (primary N) is 1. The van der Waals surface area contributed by atoms with Crippen molar-refractivity contribution in [3.63, 3.8) is 0 Å². The van der Waals surface area contributed by atoms with Crippen LogP contribution in [0.2, 0.25) is 0 Å². The van der Waals surface area contributed by atoms with Crippen LogP contribution in [0.4, 0.5) is 5.95 Å². The van der Waals surface area contributed by atoms with Crippen molar-refractivity contribution in [3.8, 4) is 0 Å². The number of nitrogens with zero attached hydrogens (tertiary/aromatic N) is 2. The summed E-state index contributed by atoms with van der Waals surface area (Å²) < 4.78 is 22.4. The number of hydrogen-bond donors (Lipinski definition) is 3. The topological polar surface area (TPSA) is 127 Å². The third kappa shape index (κ3) is 6.41. The van der Waals surface area contributed by atoms with Gasteiger partial charge in [-0.15, -0.1) is 0 Å². The fourth-order valence-electron chi connectivity index (χ4n) is 2.34. The molecule has 0 spiro atoms. The van der Waals surface area contributed by atoms with Gasteiger partial charge in [-0.2, -0.15) is 0 Å². The molecule has 0 unspecified atom stereocenters. The van der Waals surface area contributed by atoms with E-state index in [1.807, 2.05) is 19.9 Å². The molecular formula is C17H23N5O3S. The van der Waals surface area contributed by atoms with E-state index in [-0.39, 0.29) is 10.8 Å². The van der Waals surface area contributed by atoms with Crippen molar-refractivity contribution < 1.29 is 13.2 Å². The molecule has 1 aromatic carbocycles. The summed E-state index contributed by atoms with van der Waals surface area (Å²) in [5, 5.41) is 10.9. The third-order valence-corrected chi connectivity index (χ3v) is 4.52. The van der Waals surface area contributed by atoms with E-state index in [4.69, 9.17) is 5.14 Å². The van der Waals surface area contributed by atoms with Gasteiger partial charge >= 0.3 is 0 Å². The highest BCUT2D eigenvalue weighted by Crippen LogP contribution is 2.08. The second-order valence-corrected chi connectivity index (χ2v) is 7.53. The van der Waals surface area contributed by atoms with Crippen molar-refractivity contribution in [2.45, 2.75) is 38.1 Å². The van der Waals surface area contributed by atoms with Crippen molar-refractivity contribution in [3.05, 3.63) is 47.3 Å². The zero-order valence-electron chi connectivity index (χ0n) is 14.8. The standard InChI is InChI=1S/C17H23N5O3S/c1-12-10-13(2)22-17(21-12)19-9-3-4-16(23)20-11-14-5-7-15(8-6-14)26(18,24)25/h5-8,10H,3-4,9,11H2,1-2H3,(H,20,23)(H2,18,24,25)(H,19,21,22). The molecule has 1 amide bonds. The van der Waals surface area contributed by atoms with E-state index < -0.39 is 10.0 Å². The number of carbonyl (C=O) groups is 1. The Hall–Kier alpha value is -2.52. The van der Waals surface area contributed by atoms with E-state index in [9.17, 15) is 13.2 Å². The normalized spacial score (nSPS) is 11.2. The molecule has 0 fully saturated rings. The molecule has 0 aliphatic rings. The van der Waals surface area contributed by atoms with Crippen molar-refractivity contribution in [2.75, 3.05) is 11.9 Å². The highest BCUT2D eigenvalue weighted by atomic mass is 32.2. The van der Waals surface area contributed by atoms with Gasteiger partial charge in [-0.25, -0.2) is 23.5 Å². The lowest BCUT2D eigenvalue weighted by atomic mass is 10.2. The second-order valence-electron chi connectivity index (χ2n) is 5.97. The van der Waals surface area contributed by atoms with E-state index in [1.165, 1.54) is 12.1 Å². The van der Waals surface area contributed by atoms with Gasteiger partial charge in [0.2, 0.25) is 21.9 Å². The van der Waals surface area contributed by atoms with Crippen molar-refractivity contribution in [2.24, 2.45) is 5.14 Å². The lowest BCUT2D eigenvalue weighted by molar-refractivity contribution is -0.121. The van der Waals surface area contributed by atoms with Gasteiger partial charge < -0.3 is 10.6 Å². The monoisotopic (exact) mass is 377 g/mol. The number of rotatable bonds is 8. The first-order valence-corrected chi connectivity index (χ1v) is 9.73. The van der Waals surface area contributed by atoms with Crippen LogP contribution in [0.5, 0.6) is 0 Å². The molecule has 0 atom stereocenters. The fourth-order valence-corrected chi connectivity index (χ4v) is 2.86. The lowest BCUT2D eigenvalue weighted by Gasteiger charge is -2.08. The van der Waals surface area contributed by atoms with E-state index in [0.29, 0.717) is 31.9 Å². The van der Waals surface area contributed by atoms with Gasteiger partial charge in [-0.1, -0.05) is 12.1 Å². The average Bonchev–Trinajstić information content (AvgIpc) is 2.55. The minimum absolute atomic E-state index is 0.0484. The minimum atomic E-state index is -3.70. The van der Waals surface area contributed by atoms with E-state index in [2.05, 4.69) is 20.6 Å². The maximum absolute atomic E-state index is 11.9. The zero-order chi connectivity index (χ0) is 19.2. The number of carbonyl (C=O) groups excluding carboxylic acids is 1. The summed E-state index contributed by atoms with van der Waals surface area (Å²) in [4.78, 5) is 20.5. The lowest BCUT2D eigenvalue weighted by Crippen LogP contribution is -2.23. The van der Waals surface area contributed by atoms with Gasteiger partial charge in [0.1, 0.15) is 0 Å². The molecule has 2 aromatic rings. The summed E-state index contributed by atoms with van der Waals surface area (Å²) >= 11 is 0. The molecule has 1 aromatic heterocycles. The largest absolute Gasteiger partial charge is 0.354 e. The summed E-state index contributed by atoms with van der Waals surface area (Å²) in [5.41, 5.74) is 2.59. The molecule has 0 bridgehead atoms. The predicted octanol–water partition coefficient (Wildman–Crippen LogP) is 1.25. The van der Waals surface area contributed by atoms with Crippen LogP contribution in [0.25, 0.3) is 0 Å². The molecule has 0 saturated heterocycles. The number of primary sulfonamides is 1. The number of hydrogen-bond acceptors (Lipinski definition) is 6. The Labute approximate surface area is 153 Å². The van der Waals surface area contributed by atoms with E-state index in [1.54, 1.807) is 12.1 Å². The van der Waals surface area contributed by atoms with Crippen LogP contribution in [0, 0.1) is 13.8 Å². The maximum Gasteiger partial charge on any atom is 0.238 e. The first kappa shape index (κ1) is 19.8. The molecule has 8 nitrogen and oxygen atoms in total. The molecule has 26 heavy (non-hydrogen) atoms. The molecule has 0 aliphatic carbocycles. The van der Waals surface area contributed by atoms with Gasteiger partial charge in [-0.05, 0) is 44.0 Å². The van der Waals surface area contributed by atoms with Crippen LogP contribution in [-0.4, -0.2) is 30.8 Å². The third-order valence-electron chi connectivity index (χ3n) is 3.59. The molecule has 1 heterocycles. The molecule has 0 aliphatic heterocycles. The van der Waals surface area contributed by atoms with Gasteiger partial charge in [0.05, 0.1) is 4.90 Å². The number of aromatic nitrogens is 2. The highest BCUT2D eigenvalue weighted by Gasteiger charge is 2.07. The molecule has 2 rings (SSSR count). The number of anilines is 1. The molecule has 4 N–H and O–H groups in total. The van der Waals surface area contributed by atoms with Crippen LogP contribution in [0.15, 0.2) is 35.2 Å². The van der Waals surface area contributed by atoms with Crippen molar-refractivity contribution in [1.82, 2.24) is 15.3 Å². The Morgan fingerprint density at radius 1 is 1.12 bits per heavy atom. The average molecular weight is 377 g/mol. The Balaban J connectivity index is 1.70. The molecule has 0 saturated carbocycles.